The minimum Gasteiger partial charge on any atom is -0.508 e. The summed E-state index contributed by atoms with van der Waals surface area (Å²) in [5.41, 5.74) is 0.767. The quantitative estimate of drug-likeness (QED) is 0.777. The number of rotatable bonds is 1. The number of nitrogens with zero attached hydrogens (tertiary/aromatic N) is 2. The van der Waals surface area contributed by atoms with E-state index in [1.165, 1.54) is 19.1 Å². The van der Waals surface area contributed by atoms with Crippen LogP contribution in [0.5, 0.6) is 5.75 Å². The van der Waals surface area contributed by atoms with Crippen molar-refractivity contribution in [1.82, 2.24) is 9.97 Å². The molecule has 0 aliphatic carbocycles. The van der Waals surface area contributed by atoms with Gasteiger partial charge in [-0.1, -0.05) is 23.7 Å². The lowest BCUT2D eigenvalue weighted by atomic mass is 10.2. The molecule has 16 heavy (non-hydrogen) atoms. The molecule has 0 aliphatic heterocycles. The third kappa shape index (κ3) is 1.97. The molecule has 1 aromatic heterocycles. The summed E-state index contributed by atoms with van der Waals surface area (Å²) in [5, 5.41) is 9.09. The van der Waals surface area contributed by atoms with E-state index in [9.17, 15) is 9.50 Å². The maximum absolute atomic E-state index is 13.2. The van der Waals surface area contributed by atoms with Gasteiger partial charge in [-0.15, -0.1) is 0 Å². The summed E-state index contributed by atoms with van der Waals surface area (Å²) in [4.78, 5) is 7.78. The molecular weight excluding hydrogens is 231 g/mol. The summed E-state index contributed by atoms with van der Waals surface area (Å²) < 4.78 is 13.2. The van der Waals surface area contributed by atoms with Crippen LogP contribution in [0.4, 0.5) is 4.39 Å². The Kier molecular flexibility index (Phi) is 2.75. The Morgan fingerprint density at radius 3 is 2.69 bits per heavy atom. The van der Waals surface area contributed by atoms with Crippen LogP contribution in [0, 0.1) is 12.7 Å². The van der Waals surface area contributed by atoms with Gasteiger partial charge in [0, 0.05) is 5.56 Å². The van der Waals surface area contributed by atoms with E-state index in [0.717, 1.165) is 0 Å². The van der Waals surface area contributed by atoms with Gasteiger partial charge < -0.3 is 5.11 Å². The second-order valence-corrected chi connectivity index (χ2v) is 3.65. The van der Waals surface area contributed by atoms with Gasteiger partial charge in [0.05, 0.1) is 5.69 Å². The van der Waals surface area contributed by atoms with Gasteiger partial charge in [0.2, 0.25) is 0 Å². The lowest BCUT2D eigenvalue weighted by molar-refractivity contribution is 0.475. The van der Waals surface area contributed by atoms with Crippen molar-refractivity contribution in [3.8, 4) is 17.1 Å². The zero-order valence-corrected chi connectivity index (χ0v) is 9.16. The summed E-state index contributed by atoms with van der Waals surface area (Å²) >= 11 is 5.62. The lowest BCUT2D eigenvalue weighted by Gasteiger charge is -2.04. The average molecular weight is 239 g/mol. The normalized spacial score (nSPS) is 10.4. The van der Waals surface area contributed by atoms with Gasteiger partial charge in [0.15, 0.2) is 16.8 Å². The van der Waals surface area contributed by atoms with E-state index in [2.05, 4.69) is 9.97 Å². The van der Waals surface area contributed by atoms with Crippen LogP contribution in [-0.2, 0) is 0 Å². The molecule has 1 heterocycles. The monoisotopic (exact) mass is 238 g/mol. The van der Waals surface area contributed by atoms with Crippen molar-refractivity contribution in [2.75, 3.05) is 0 Å². The number of aryl methyl sites for hydroxylation is 1. The topological polar surface area (TPSA) is 46.0 Å². The van der Waals surface area contributed by atoms with E-state index in [4.69, 9.17) is 11.6 Å². The molecule has 0 fully saturated rings. The second-order valence-electron chi connectivity index (χ2n) is 3.29. The van der Waals surface area contributed by atoms with Gasteiger partial charge in [0.1, 0.15) is 5.75 Å². The zero-order valence-electron chi connectivity index (χ0n) is 8.41. The first-order chi connectivity index (χ1) is 7.58. The van der Waals surface area contributed by atoms with E-state index in [-0.39, 0.29) is 16.6 Å². The summed E-state index contributed by atoms with van der Waals surface area (Å²) in [7, 11) is 0. The molecule has 0 atom stereocenters. The predicted molar refractivity (Wildman–Crippen MR) is 58.8 cm³/mol. The molecule has 0 radical (unpaired) electrons. The van der Waals surface area contributed by atoms with Crippen LogP contribution in [0.1, 0.15) is 5.69 Å². The molecular formula is C11H8ClFN2O. The van der Waals surface area contributed by atoms with Gasteiger partial charge in [0.25, 0.3) is 0 Å². The SMILES string of the molecule is Cc1nc(-c2cccc(O)c2)nc(Cl)c1F. The molecule has 5 heteroatoms. The van der Waals surface area contributed by atoms with Crippen molar-refractivity contribution in [2.45, 2.75) is 6.92 Å². The van der Waals surface area contributed by atoms with Gasteiger partial charge in [-0.25, -0.2) is 14.4 Å². The van der Waals surface area contributed by atoms with Crippen LogP contribution in [-0.4, -0.2) is 15.1 Å². The average Bonchev–Trinajstić information content (AvgIpc) is 2.25. The molecule has 1 aromatic carbocycles. The highest BCUT2D eigenvalue weighted by Gasteiger charge is 2.10. The molecule has 0 unspecified atom stereocenters. The minimum absolute atomic E-state index is 0.0965. The fourth-order valence-corrected chi connectivity index (χ4v) is 1.52. The summed E-state index contributed by atoms with van der Waals surface area (Å²) in [5.74, 6) is -0.232. The van der Waals surface area contributed by atoms with Crippen LogP contribution in [0.25, 0.3) is 11.4 Å². The highest BCUT2D eigenvalue weighted by Crippen LogP contribution is 2.23. The molecule has 0 amide bonds. The highest BCUT2D eigenvalue weighted by molar-refractivity contribution is 6.29. The number of hydrogen-bond acceptors (Lipinski definition) is 3. The van der Waals surface area contributed by atoms with Crippen LogP contribution >= 0.6 is 11.6 Å². The smallest absolute Gasteiger partial charge is 0.181 e. The second kappa shape index (κ2) is 4.06. The van der Waals surface area contributed by atoms with Crippen molar-refractivity contribution in [2.24, 2.45) is 0 Å². The van der Waals surface area contributed by atoms with E-state index < -0.39 is 5.82 Å². The fourth-order valence-electron chi connectivity index (χ4n) is 1.30. The maximum atomic E-state index is 13.2. The molecule has 2 rings (SSSR count). The zero-order chi connectivity index (χ0) is 11.7. The molecule has 82 valence electrons. The Morgan fingerprint density at radius 1 is 1.31 bits per heavy atom. The number of phenolic OH excluding ortho intramolecular Hbond substituents is 1. The van der Waals surface area contributed by atoms with Gasteiger partial charge in [-0.2, -0.15) is 0 Å². The third-order valence-corrected chi connectivity index (χ3v) is 2.33. The van der Waals surface area contributed by atoms with Crippen molar-refractivity contribution >= 4 is 11.6 Å². The fraction of sp³-hybridized carbons (Fsp3) is 0.0909. The molecule has 3 nitrogen and oxygen atoms in total. The predicted octanol–water partition coefficient (Wildman–Crippen LogP) is 2.95. The van der Waals surface area contributed by atoms with Gasteiger partial charge in [-0.3, -0.25) is 0 Å². The van der Waals surface area contributed by atoms with Crippen molar-refractivity contribution in [3.63, 3.8) is 0 Å². The molecule has 0 bridgehead atoms. The Hall–Kier alpha value is -1.68. The molecule has 2 aromatic rings. The summed E-state index contributed by atoms with van der Waals surface area (Å²) in [6.07, 6.45) is 0. The van der Waals surface area contributed by atoms with E-state index in [1.807, 2.05) is 0 Å². The maximum Gasteiger partial charge on any atom is 0.181 e. The molecule has 0 saturated heterocycles. The number of aromatic hydroxyl groups is 1. The largest absolute Gasteiger partial charge is 0.508 e. The van der Waals surface area contributed by atoms with E-state index in [1.54, 1.807) is 12.1 Å². The highest BCUT2D eigenvalue weighted by atomic mass is 35.5. The molecule has 0 spiro atoms. The Labute approximate surface area is 96.6 Å². The molecule has 1 N–H and O–H groups in total. The van der Waals surface area contributed by atoms with E-state index in [0.29, 0.717) is 11.4 Å². The number of hydrogen-bond donors (Lipinski definition) is 1. The van der Waals surface area contributed by atoms with Crippen molar-refractivity contribution in [3.05, 3.63) is 40.9 Å². The van der Waals surface area contributed by atoms with E-state index >= 15 is 0 Å². The van der Waals surface area contributed by atoms with Crippen LogP contribution in [0.2, 0.25) is 5.15 Å². The Morgan fingerprint density at radius 2 is 2.06 bits per heavy atom. The molecule has 0 aliphatic rings. The standard InChI is InChI=1S/C11H8ClFN2O/c1-6-9(13)10(12)15-11(14-6)7-3-2-4-8(16)5-7/h2-5,16H,1H3. The minimum atomic E-state index is -0.620. The van der Waals surface area contributed by atoms with Gasteiger partial charge in [-0.05, 0) is 19.1 Å². The molecule has 0 saturated carbocycles. The Bertz CT molecular complexity index is 522. The first kappa shape index (κ1) is 10.8. The van der Waals surface area contributed by atoms with Crippen LogP contribution < -0.4 is 0 Å². The summed E-state index contributed by atoms with van der Waals surface area (Å²) in [6.45, 7) is 1.51. The first-order valence-corrected chi connectivity index (χ1v) is 4.95. The van der Waals surface area contributed by atoms with Crippen molar-refractivity contribution in [1.29, 1.82) is 0 Å². The summed E-state index contributed by atoms with van der Waals surface area (Å²) in [6, 6.07) is 6.38. The van der Waals surface area contributed by atoms with Crippen molar-refractivity contribution < 1.29 is 9.50 Å². The Balaban J connectivity index is 2.57. The van der Waals surface area contributed by atoms with Crippen LogP contribution in [0.15, 0.2) is 24.3 Å². The number of halogens is 2. The van der Waals surface area contributed by atoms with Crippen LogP contribution in [0.3, 0.4) is 0 Å². The number of benzene rings is 1. The number of aromatic nitrogens is 2. The lowest BCUT2D eigenvalue weighted by Crippen LogP contribution is -1.97. The third-order valence-electron chi connectivity index (χ3n) is 2.08. The van der Waals surface area contributed by atoms with Gasteiger partial charge >= 0.3 is 0 Å². The first-order valence-electron chi connectivity index (χ1n) is 4.57. The number of phenols is 1.